The Bertz CT molecular complexity index is 399. The van der Waals surface area contributed by atoms with Gasteiger partial charge in [0.1, 0.15) is 0 Å². The van der Waals surface area contributed by atoms with Gasteiger partial charge in [-0.2, -0.15) is 0 Å². The van der Waals surface area contributed by atoms with Crippen molar-refractivity contribution in [3.05, 3.63) is 35.5 Å². The summed E-state index contributed by atoms with van der Waals surface area (Å²) >= 11 is 0. The van der Waals surface area contributed by atoms with Crippen LogP contribution >= 0.6 is 0 Å². The average molecular weight is 258 g/mol. The SMILES string of the molecule is C=C(C=C1CCCCC1)C1=CC2(CCCCC2)OC1. The van der Waals surface area contributed by atoms with Crippen molar-refractivity contribution in [3.8, 4) is 0 Å². The lowest BCUT2D eigenvalue weighted by molar-refractivity contribution is -0.00345. The van der Waals surface area contributed by atoms with E-state index in [0.29, 0.717) is 0 Å². The highest BCUT2D eigenvalue weighted by Crippen LogP contribution is 2.39. The summed E-state index contributed by atoms with van der Waals surface area (Å²) in [7, 11) is 0. The minimum Gasteiger partial charge on any atom is -0.366 e. The van der Waals surface area contributed by atoms with Crippen molar-refractivity contribution in [2.24, 2.45) is 0 Å². The van der Waals surface area contributed by atoms with Crippen LogP contribution in [-0.2, 0) is 4.74 Å². The monoisotopic (exact) mass is 258 g/mol. The van der Waals surface area contributed by atoms with Crippen molar-refractivity contribution in [2.75, 3.05) is 6.61 Å². The number of hydrogen-bond donors (Lipinski definition) is 0. The zero-order valence-corrected chi connectivity index (χ0v) is 12.0. The molecule has 1 heterocycles. The van der Waals surface area contributed by atoms with E-state index in [1.165, 1.54) is 75.4 Å². The second-order valence-electron chi connectivity index (χ2n) is 6.47. The molecule has 1 heteroatoms. The largest absolute Gasteiger partial charge is 0.366 e. The van der Waals surface area contributed by atoms with E-state index in [4.69, 9.17) is 4.74 Å². The third-order valence-electron chi connectivity index (χ3n) is 4.94. The molecule has 0 bridgehead atoms. The van der Waals surface area contributed by atoms with E-state index >= 15 is 0 Å². The Morgan fingerprint density at radius 2 is 1.74 bits per heavy atom. The number of hydrogen-bond acceptors (Lipinski definition) is 1. The molecule has 1 spiro atoms. The standard InChI is InChI=1S/C18H26O/c1-15(12-16-8-4-2-5-9-16)17-13-18(19-14-17)10-6-3-7-11-18/h12-13H,1-11,14H2. The number of allylic oxidation sites excluding steroid dienone is 2. The second-order valence-corrected chi connectivity index (χ2v) is 6.47. The van der Waals surface area contributed by atoms with E-state index in [-0.39, 0.29) is 5.60 Å². The third kappa shape index (κ3) is 3.02. The number of ether oxygens (including phenoxy) is 1. The fraction of sp³-hybridized carbons (Fsp3) is 0.667. The van der Waals surface area contributed by atoms with Crippen molar-refractivity contribution in [3.63, 3.8) is 0 Å². The molecule has 3 aliphatic rings. The molecule has 0 aromatic heterocycles. The highest BCUT2D eigenvalue weighted by molar-refractivity contribution is 5.43. The normalized spacial score (nSPS) is 26.3. The van der Waals surface area contributed by atoms with Gasteiger partial charge in [-0.25, -0.2) is 0 Å². The van der Waals surface area contributed by atoms with Gasteiger partial charge in [-0.05, 0) is 55.7 Å². The van der Waals surface area contributed by atoms with Gasteiger partial charge in [0.15, 0.2) is 0 Å². The molecule has 0 unspecified atom stereocenters. The molecule has 104 valence electrons. The first-order valence-electron chi connectivity index (χ1n) is 8.02. The Labute approximate surface area is 117 Å². The van der Waals surface area contributed by atoms with Crippen molar-refractivity contribution in [2.45, 2.75) is 69.8 Å². The average Bonchev–Trinajstić information content (AvgIpc) is 2.85. The van der Waals surface area contributed by atoms with Crippen LogP contribution in [0.4, 0.5) is 0 Å². The van der Waals surface area contributed by atoms with Gasteiger partial charge in [0.05, 0.1) is 12.2 Å². The molecule has 1 aliphatic heterocycles. The topological polar surface area (TPSA) is 9.23 Å². The molecule has 19 heavy (non-hydrogen) atoms. The summed E-state index contributed by atoms with van der Waals surface area (Å²) in [6.45, 7) is 5.06. The Morgan fingerprint density at radius 3 is 2.47 bits per heavy atom. The molecular formula is C18H26O. The van der Waals surface area contributed by atoms with Gasteiger partial charge >= 0.3 is 0 Å². The Balaban J connectivity index is 1.68. The van der Waals surface area contributed by atoms with Crippen LogP contribution in [0, 0.1) is 0 Å². The van der Waals surface area contributed by atoms with Gasteiger partial charge in [-0.1, -0.05) is 43.9 Å². The van der Waals surface area contributed by atoms with E-state index in [1.807, 2.05) is 0 Å². The van der Waals surface area contributed by atoms with Gasteiger partial charge in [-0.15, -0.1) is 0 Å². The molecule has 0 aromatic carbocycles. The van der Waals surface area contributed by atoms with Crippen LogP contribution in [0.15, 0.2) is 35.5 Å². The Hall–Kier alpha value is -0.820. The Kier molecular flexibility index (Phi) is 3.93. The summed E-state index contributed by atoms with van der Waals surface area (Å²) in [5.74, 6) is 0. The van der Waals surface area contributed by atoms with Gasteiger partial charge in [0.2, 0.25) is 0 Å². The first-order chi connectivity index (χ1) is 9.27. The molecule has 2 fully saturated rings. The summed E-state index contributed by atoms with van der Waals surface area (Å²) in [5, 5.41) is 0. The zero-order chi connectivity index (χ0) is 13.1. The van der Waals surface area contributed by atoms with Crippen molar-refractivity contribution in [1.82, 2.24) is 0 Å². The first-order valence-corrected chi connectivity index (χ1v) is 8.02. The summed E-state index contributed by atoms with van der Waals surface area (Å²) in [6, 6.07) is 0. The molecule has 0 N–H and O–H groups in total. The summed E-state index contributed by atoms with van der Waals surface area (Å²) < 4.78 is 6.12. The van der Waals surface area contributed by atoms with E-state index in [9.17, 15) is 0 Å². The van der Waals surface area contributed by atoms with Crippen LogP contribution in [0.2, 0.25) is 0 Å². The summed E-state index contributed by atoms with van der Waals surface area (Å²) in [6.07, 6.45) is 17.8. The predicted octanol–water partition coefficient (Wildman–Crippen LogP) is 5.09. The van der Waals surface area contributed by atoms with Crippen LogP contribution in [0.5, 0.6) is 0 Å². The van der Waals surface area contributed by atoms with Crippen molar-refractivity contribution in [1.29, 1.82) is 0 Å². The maximum Gasteiger partial charge on any atom is 0.0873 e. The molecule has 0 amide bonds. The van der Waals surface area contributed by atoms with Crippen LogP contribution in [0.1, 0.15) is 64.2 Å². The molecule has 2 saturated carbocycles. The highest BCUT2D eigenvalue weighted by Gasteiger charge is 2.35. The lowest BCUT2D eigenvalue weighted by Gasteiger charge is -2.30. The lowest BCUT2D eigenvalue weighted by Crippen LogP contribution is -2.29. The van der Waals surface area contributed by atoms with Crippen molar-refractivity contribution >= 4 is 0 Å². The maximum absolute atomic E-state index is 6.12. The molecule has 0 saturated heterocycles. The first kappa shape index (κ1) is 13.2. The molecular weight excluding hydrogens is 232 g/mol. The van der Waals surface area contributed by atoms with Crippen LogP contribution in [0.25, 0.3) is 0 Å². The minimum absolute atomic E-state index is 0.0710. The summed E-state index contributed by atoms with van der Waals surface area (Å²) in [4.78, 5) is 0. The minimum atomic E-state index is 0.0710. The van der Waals surface area contributed by atoms with E-state index in [2.05, 4.69) is 18.7 Å². The number of rotatable bonds is 2. The fourth-order valence-electron chi connectivity index (χ4n) is 3.74. The molecule has 0 radical (unpaired) electrons. The lowest BCUT2D eigenvalue weighted by atomic mass is 9.84. The van der Waals surface area contributed by atoms with Gasteiger partial charge < -0.3 is 4.74 Å². The van der Waals surface area contributed by atoms with Crippen LogP contribution in [-0.4, -0.2) is 12.2 Å². The molecule has 3 rings (SSSR count). The molecule has 1 nitrogen and oxygen atoms in total. The zero-order valence-electron chi connectivity index (χ0n) is 12.0. The quantitative estimate of drug-likeness (QED) is 0.670. The molecule has 2 aliphatic carbocycles. The predicted molar refractivity (Wildman–Crippen MR) is 80.2 cm³/mol. The van der Waals surface area contributed by atoms with Gasteiger partial charge in [0.25, 0.3) is 0 Å². The molecule has 0 atom stereocenters. The fourth-order valence-corrected chi connectivity index (χ4v) is 3.74. The third-order valence-corrected chi connectivity index (χ3v) is 4.94. The van der Waals surface area contributed by atoms with Gasteiger partial charge in [-0.3, -0.25) is 0 Å². The summed E-state index contributed by atoms with van der Waals surface area (Å²) in [5.41, 5.74) is 4.22. The maximum atomic E-state index is 6.12. The second kappa shape index (κ2) is 5.66. The van der Waals surface area contributed by atoms with E-state index in [0.717, 1.165) is 6.61 Å². The van der Waals surface area contributed by atoms with Crippen LogP contribution < -0.4 is 0 Å². The smallest absolute Gasteiger partial charge is 0.0873 e. The van der Waals surface area contributed by atoms with Crippen LogP contribution in [0.3, 0.4) is 0 Å². The van der Waals surface area contributed by atoms with Crippen molar-refractivity contribution < 1.29 is 4.74 Å². The highest BCUT2D eigenvalue weighted by atomic mass is 16.5. The Morgan fingerprint density at radius 1 is 1.05 bits per heavy atom. The van der Waals surface area contributed by atoms with E-state index in [1.54, 1.807) is 5.57 Å². The van der Waals surface area contributed by atoms with E-state index < -0.39 is 0 Å². The van der Waals surface area contributed by atoms with Gasteiger partial charge in [0, 0.05) is 0 Å². The molecule has 0 aromatic rings.